The molecule has 0 aliphatic carbocycles. The third kappa shape index (κ3) is 4.05. The lowest BCUT2D eigenvalue weighted by Gasteiger charge is -2.45. The molecule has 0 spiro atoms. The van der Waals surface area contributed by atoms with E-state index in [0.29, 0.717) is 17.9 Å². The first kappa shape index (κ1) is 21.4. The number of furan rings is 1. The van der Waals surface area contributed by atoms with E-state index in [1.807, 2.05) is 4.90 Å². The molecule has 3 heterocycles. The summed E-state index contributed by atoms with van der Waals surface area (Å²) in [5, 5.41) is 2.75. The standard InChI is InChI=1S/C21H26N4O5S/c1-23(2)31(28,29)16-8-9-17-19(12-16)25(21(27)18-7-3-4-10-24(17)18)14-20(26)22-13-15-6-5-11-30-15/h5-6,8-9,11-12,18H,3-4,7,10,13-14H2,1-2H3,(H,22,26). The molecule has 10 heteroatoms. The summed E-state index contributed by atoms with van der Waals surface area (Å²) in [6.45, 7) is 0.745. The van der Waals surface area contributed by atoms with Crippen molar-refractivity contribution in [2.75, 3.05) is 37.0 Å². The fraction of sp³-hybridized carbons (Fsp3) is 0.429. The number of piperidine rings is 1. The zero-order chi connectivity index (χ0) is 22.2. The summed E-state index contributed by atoms with van der Waals surface area (Å²) < 4.78 is 31.7. The number of nitrogens with one attached hydrogen (secondary N) is 1. The van der Waals surface area contributed by atoms with Crippen LogP contribution >= 0.6 is 0 Å². The molecule has 1 atom stereocenters. The Bertz CT molecular complexity index is 1080. The second kappa shape index (κ2) is 8.35. The van der Waals surface area contributed by atoms with Crippen molar-refractivity contribution < 1.29 is 22.4 Å². The van der Waals surface area contributed by atoms with Gasteiger partial charge in [-0.05, 0) is 49.6 Å². The van der Waals surface area contributed by atoms with Crippen LogP contribution in [0, 0.1) is 0 Å². The number of hydrogen-bond donors (Lipinski definition) is 1. The molecule has 0 radical (unpaired) electrons. The van der Waals surface area contributed by atoms with Crippen molar-refractivity contribution >= 4 is 33.2 Å². The van der Waals surface area contributed by atoms with E-state index in [1.54, 1.807) is 24.3 Å². The molecule has 1 aromatic carbocycles. The lowest BCUT2D eigenvalue weighted by Crippen LogP contribution is -2.57. The molecule has 1 fully saturated rings. The third-order valence-electron chi connectivity index (χ3n) is 5.72. The van der Waals surface area contributed by atoms with Crippen molar-refractivity contribution in [3.8, 4) is 0 Å². The number of fused-ring (bicyclic) bond motifs is 3. The summed E-state index contributed by atoms with van der Waals surface area (Å²) in [7, 11) is -0.767. The number of amides is 2. The van der Waals surface area contributed by atoms with Crippen LogP contribution in [0.3, 0.4) is 0 Å². The molecule has 31 heavy (non-hydrogen) atoms. The molecule has 2 amide bonds. The minimum atomic E-state index is -3.68. The van der Waals surface area contributed by atoms with Crippen molar-refractivity contribution in [1.29, 1.82) is 0 Å². The molecule has 1 N–H and O–H groups in total. The summed E-state index contributed by atoms with van der Waals surface area (Å²) >= 11 is 0. The number of carbonyl (C=O) groups is 2. The highest BCUT2D eigenvalue weighted by atomic mass is 32.2. The Morgan fingerprint density at radius 1 is 1.23 bits per heavy atom. The smallest absolute Gasteiger partial charge is 0.250 e. The van der Waals surface area contributed by atoms with Crippen LogP contribution < -0.4 is 15.1 Å². The highest BCUT2D eigenvalue weighted by Crippen LogP contribution is 2.40. The second-order valence-electron chi connectivity index (χ2n) is 7.92. The Hall–Kier alpha value is -2.85. The Balaban J connectivity index is 1.67. The molecular weight excluding hydrogens is 420 g/mol. The molecule has 2 aliphatic heterocycles. The number of sulfonamides is 1. The number of hydrogen-bond acceptors (Lipinski definition) is 6. The van der Waals surface area contributed by atoms with Gasteiger partial charge in [0.2, 0.25) is 21.8 Å². The minimum absolute atomic E-state index is 0.0838. The monoisotopic (exact) mass is 446 g/mol. The quantitative estimate of drug-likeness (QED) is 0.722. The Kier molecular flexibility index (Phi) is 5.76. The van der Waals surface area contributed by atoms with Crippen molar-refractivity contribution in [2.45, 2.75) is 36.7 Å². The van der Waals surface area contributed by atoms with Crippen molar-refractivity contribution in [3.05, 3.63) is 42.4 Å². The van der Waals surface area contributed by atoms with Crippen molar-refractivity contribution in [3.63, 3.8) is 0 Å². The zero-order valence-corrected chi connectivity index (χ0v) is 18.4. The SMILES string of the molecule is CN(C)S(=O)(=O)c1ccc2c(c1)N(CC(=O)NCc1ccco1)C(=O)C1CCCCN21. The fourth-order valence-electron chi connectivity index (χ4n) is 4.07. The van der Waals surface area contributed by atoms with Gasteiger partial charge in [-0.3, -0.25) is 14.5 Å². The highest BCUT2D eigenvalue weighted by Gasteiger charge is 2.40. The van der Waals surface area contributed by atoms with Crippen LogP contribution in [0.4, 0.5) is 11.4 Å². The van der Waals surface area contributed by atoms with Crippen LogP contribution in [0.1, 0.15) is 25.0 Å². The summed E-state index contributed by atoms with van der Waals surface area (Å²) in [6.07, 6.45) is 4.13. The van der Waals surface area contributed by atoms with Gasteiger partial charge >= 0.3 is 0 Å². The van der Waals surface area contributed by atoms with Gasteiger partial charge in [-0.1, -0.05) is 0 Å². The molecule has 2 aromatic rings. The lowest BCUT2D eigenvalue weighted by atomic mass is 9.96. The first-order valence-corrected chi connectivity index (χ1v) is 11.7. The summed E-state index contributed by atoms with van der Waals surface area (Å²) in [6, 6.07) is 7.94. The Morgan fingerprint density at radius 2 is 2.03 bits per heavy atom. The van der Waals surface area contributed by atoms with E-state index >= 15 is 0 Å². The maximum Gasteiger partial charge on any atom is 0.250 e. The van der Waals surface area contributed by atoms with Crippen LogP contribution in [0.15, 0.2) is 45.9 Å². The first-order valence-electron chi connectivity index (χ1n) is 10.2. The van der Waals surface area contributed by atoms with Gasteiger partial charge in [-0.2, -0.15) is 0 Å². The number of rotatable bonds is 6. The van der Waals surface area contributed by atoms with E-state index in [2.05, 4.69) is 5.32 Å². The lowest BCUT2D eigenvalue weighted by molar-refractivity contribution is -0.125. The van der Waals surface area contributed by atoms with Gasteiger partial charge in [0.1, 0.15) is 18.3 Å². The molecule has 1 aromatic heterocycles. The van der Waals surface area contributed by atoms with Gasteiger partial charge in [-0.15, -0.1) is 0 Å². The molecule has 0 bridgehead atoms. The van der Waals surface area contributed by atoms with Crippen LogP contribution in [0.2, 0.25) is 0 Å². The van der Waals surface area contributed by atoms with Gasteiger partial charge < -0.3 is 14.6 Å². The maximum absolute atomic E-state index is 13.3. The zero-order valence-electron chi connectivity index (χ0n) is 17.6. The molecule has 166 valence electrons. The Morgan fingerprint density at radius 3 is 2.74 bits per heavy atom. The van der Waals surface area contributed by atoms with E-state index in [-0.39, 0.29) is 35.8 Å². The van der Waals surface area contributed by atoms with Gasteiger partial charge in [0.25, 0.3) is 0 Å². The van der Waals surface area contributed by atoms with Crippen LogP contribution in [0.25, 0.3) is 0 Å². The van der Waals surface area contributed by atoms with E-state index < -0.39 is 10.0 Å². The largest absolute Gasteiger partial charge is 0.467 e. The van der Waals surface area contributed by atoms with Crippen molar-refractivity contribution in [2.24, 2.45) is 0 Å². The number of anilines is 2. The number of carbonyl (C=O) groups excluding carboxylic acids is 2. The van der Waals surface area contributed by atoms with Gasteiger partial charge in [0, 0.05) is 20.6 Å². The fourth-order valence-corrected chi connectivity index (χ4v) is 4.99. The number of benzene rings is 1. The molecular formula is C21H26N4O5S. The summed E-state index contributed by atoms with van der Waals surface area (Å²) in [5.41, 5.74) is 1.22. The predicted octanol–water partition coefficient (Wildman–Crippen LogP) is 1.55. The van der Waals surface area contributed by atoms with E-state index in [9.17, 15) is 18.0 Å². The first-order chi connectivity index (χ1) is 14.8. The average molecular weight is 447 g/mol. The molecule has 1 saturated heterocycles. The summed E-state index contributed by atoms with van der Waals surface area (Å²) in [5.74, 6) is 0.0807. The minimum Gasteiger partial charge on any atom is -0.467 e. The average Bonchev–Trinajstić information content (AvgIpc) is 3.28. The van der Waals surface area contributed by atoms with Crippen LogP contribution in [-0.2, 0) is 26.2 Å². The molecule has 9 nitrogen and oxygen atoms in total. The van der Waals surface area contributed by atoms with E-state index in [0.717, 1.165) is 29.4 Å². The second-order valence-corrected chi connectivity index (χ2v) is 10.1. The van der Waals surface area contributed by atoms with Crippen molar-refractivity contribution in [1.82, 2.24) is 9.62 Å². The van der Waals surface area contributed by atoms with Gasteiger partial charge in [-0.25, -0.2) is 12.7 Å². The van der Waals surface area contributed by atoms with Gasteiger partial charge in [0.15, 0.2) is 0 Å². The Labute approximate surface area is 181 Å². The number of nitrogens with zero attached hydrogens (tertiary/aromatic N) is 3. The molecule has 1 unspecified atom stereocenters. The third-order valence-corrected chi connectivity index (χ3v) is 7.53. The van der Waals surface area contributed by atoms with E-state index in [1.165, 1.54) is 31.3 Å². The van der Waals surface area contributed by atoms with E-state index in [4.69, 9.17) is 4.42 Å². The topological polar surface area (TPSA) is 103 Å². The predicted molar refractivity (Wildman–Crippen MR) is 115 cm³/mol. The molecule has 0 saturated carbocycles. The highest BCUT2D eigenvalue weighted by molar-refractivity contribution is 7.89. The normalized spacial score (nSPS) is 18.7. The van der Waals surface area contributed by atoms with Crippen LogP contribution in [0.5, 0.6) is 0 Å². The van der Waals surface area contributed by atoms with Gasteiger partial charge in [0.05, 0.1) is 29.1 Å². The van der Waals surface area contributed by atoms with Crippen LogP contribution in [-0.4, -0.2) is 57.8 Å². The molecule has 2 aliphatic rings. The summed E-state index contributed by atoms with van der Waals surface area (Å²) in [4.78, 5) is 29.5. The maximum atomic E-state index is 13.3. The molecule has 4 rings (SSSR count).